The molecule has 2 amide bonds. The fourth-order valence-corrected chi connectivity index (χ4v) is 4.97. The molecule has 5 rings (SSSR count). The van der Waals surface area contributed by atoms with Crippen LogP contribution in [0.1, 0.15) is 45.5 Å². The lowest BCUT2D eigenvalue weighted by Gasteiger charge is -2.34. The summed E-state index contributed by atoms with van der Waals surface area (Å²) in [5.74, 6) is 1.20. The Bertz CT molecular complexity index is 1360. The van der Waals surface area contributed by atoms with E-state index in [1.54, 1.807) is 17.0 Å². The van der Waals surface area contributed by atoms with E-state index in [2.05, 4.69) is 43.1 Å². The van der Waals surface area contributed by atoms with Gasteiger partial charge in [0.25, 0.3) is 11.8 Å². The Hall–Kier alpha value is -4.07. The zero-order valence-electron chi connectivity index (χ0n) is 21.5. The van der Waals surface area contributed by atoms with Crippen LogP contribution in [0, 0.1) is 0 Å². The van der Waals surface area contributed by atoms with E-state index in [4.69, 9.17) is 9.40 Å². The van der Waals surface area contributed by atoms with Crippen LogP contribution in [-0.4, -0.2) is 70.8 Å². The number of nitrogens with zero attached hydrogens (tertiary/aromatic N) is 5. The largest absolute Gasteiger partial charge is 0.459 e. The van der Waals surface area contributed by atoms with Crippen LogP contribution in [0.4, 0.5) is 5.82 Å². The fourth-order valence-electron chi connectivity index (χ4n) is 4.97. The number of aromatic nitrogens is 2. The molecule has 0 unspecified atom stereocenters. The van der Waals surface area contributed by atoms with Crippen LogP contribution >= 0.6 is 0 Å². The summed E-state index contributed by atoms with van der Waals surface area (Å²) in [6.07, 6.45) is 6.26. The van der Waals surface area contributed by atoms with Crippen molar-refractivity contribution in [2.24, 2.45) is 0 Å². The van der Waals surface area contributed by atoms with Crippen LogP contribution in [0.15, 0.2) is 71.5 Å². The lowest BCUT2D eigenvalue weighted by molar-refractivity contribution is 0.0518. The van der Waals surface area contributed by atoms with Gasteiger partial charge in [0.15, 0.2) is 5.76 Å². The van der Waals surface area contributed by atoms with E-state index in [9.17, 15) is 9.59 Å². The van der Waals surface area contributed by atoms with Gasteiger partial charge in [0.2, 0.25) is 0 Å². The topological polar surface area (TPSA) is 74.3 Å². The molecule has 37 heavy (non-hydrogen) atoms. The molecule has 0 bridgehead atoms. The molecule has 8 heteroatoms. The van der Waals surface area contributed by atoms with Gasteiger partial charge in [-0.2, -0.15) is 0 Å². The number of amides is 2. The number of fused-ring (bicyclic) bond motifs is 1. The van der Waals surface area contributed by atoms with E-state index in [1.807, 2.05) is 33.7 Å². The summed E-state index contributed by atoms with van der Waals surface area (Å²) in [6.45, 7) is 4.93. The summed E-state index contributed by atoms with van der Waals surface area (Å²) in [4.78, 5) is 36.6. The number of imidazole rings is 1. The number of piperazine rings is 1. The minimum absolute atomic E-state index is 0.0311. The summed E-state index contributed by atoms with van der Waals surface area (Å²) in [6, 6.07) is 17.7. The third-order valence-corrected chi connectivity index (χ3v) is 6.99. The highest BCUT2D eigenvalue weighted by atomic mass is 16.3. The smallest absolute Gasteiger partial charge is 0.289 e. The SMILES string of the molecule is CCc1nc2ccc(C(=O)N3CCN(C(=O)c4ccco4)CC3)cn2c1N(C)CCCc1ccccc1. The van der Waals surface area contributed by atoms with Gasteiger partial charge in [-0.15, -0.1) is 0 Å². The van der Waals surface area contributed by atoms with Gasteiger partial charge in [-0.1, -0.05) is 37.3 Å². The van der Waals surface area contributed by atoms with Crippen molar-refractivity contribution in [2.75, 3.05) is 44.7 Å². The Morgan fingerprint density at radius 1 is 0.946 bits per heavy atom. The lowest BCUT2D eigenvalue weighted by atomic mass is 10.1. The molecule has 0 saturated carbocycles. The zero-order valence-corrected chi connectivity index (χ0v) is 21.5. The highest BCUT2D eigenvalue weighted by Gasteiger charge is 2.27. The second-order valence-corrected chi connectivity index (χ2v) is 9.45. The van der Waals surface area contributed by atoms with Crippen molar-refractivity contribution in [1.29, 1.82) is 0 Å². The number of hydrogen-bond donors (Lipinski definition) is 0. The molecule has 1 saturated heterocycles. The zero-order chi connectivity index (χ0) is 25.8. The Balaban J connectivity index is 1.28. The Morgan fingerprint density at radius 3 is 2.35 bits per heavy atom. The number of rotatable bonds is 8. The lowest BCUT2D eigenvalue weighted by Crippen LogP contribution is -2.50. The van der Waals surface area contributed by atoms with Crippen molar-refractivity contribution in [3.63, 3.8) is 0 Å². The van der Waals surface area contributed by atoms with Crippen molar-refractivity contribution in [3.05, 3.63) is 89.6 Å². The van der Waals surface area contributed by atoms with Crippen LogP contribution in [0.25, 0.3) is 5.65 Å². The maximum absolute atomic E-state index is 13.4. The van der Waals surface area contributed by atoms with Gasteiger partial charge in [-0.3, -0.25) is 14.0 Å². The molecule has 1 aliphatic rings. The van der Waals surface area contributed by atoms with Gasteiger partial charge in [-0.25, -0.2) is 4.98 Å². The second kappa shape index (κ2) is 10.9. The number of carbonyl (C=O) groups excluding carboxylic acids is 2. The van der Waals surface area contributed by atoms with E-state index in [0.29, 0.717) is 37.5 Å². The average molecular weight is 500 g/mol. The molecule has 8 nitrogen and oxygen atoms in total. The molecule has 0 aliphatic carbocycles. The van der Waals surface area contributed by atoms with Crippen LogP contribution in [0.3, 0.4) is 0 Å². The average Bonchev–Trinajstić information content (AvgIpc) is 3.61. The van der Waals surface area contributed by atoms with Gasteiger partial charge in [0.05, 0.1) is 17.5 Å². The van der Waals surface area contributed by atoms with Crippen LogP contribution < -0.4 is 4.90 Å². The molecule has 4 aromatic rings. The monoisotopic (exact) mass is 499 g/mol. The predicted octanol–water partition coefficient (Wildman–Crippen LogP) is 4.16. The van der Waals surface area contributed by atoms with Gasteiger partial charge in [-0.05, 0) is 49.1 Å². The first-order valence-corrected chi connectivity index (χ1v) is 12.9. The van der Waals surface area contributed by atoms with Crippen LogP contribution in [-0.2, 0) is 12.8 Å². The normalized spacial score (nSPS) is 13.8. The summed E-state index contributed by atoms with van der Waals surface area (Å²) < 4.78 is 7.28. The third kappa shape index (κ3) is 5.23. The van der Waals surface area contributed by atoms with Crippen molar-refractivity contribution in [3.8, 4) is 0 Å². The molecule has 192 valence electrons. The Morgan fingerprint density at radius 2 is 1.68 bits per heavy atom. The van der Waals surface area contributed by atoms with Crippen molar-refractivity contribution in [1.82, 2.24) is 19.2 Å². The minimum Gasteiger partial charge on any atom is -0.459 e. The maximum Gasteiger partial charge on any atom is 0.289 e. The summed E-state index contributed by atoms with van der Waals surface area (Å²) >= 11 is 0. The fraction of sp³-hybridized carbons (Fsp3) is 0.345. The van der Waals surface area contributed by atoms with Gasteiger partial charge >= 0.3 is 0 Å². The molecule has 1 aromatic carbocycles. The molecule has 4 heterocycles. The molecule has 1 fully saturated rings. The first-order valence-electron chi connectivity index (χ1n) is 12.9. The van der Waals surface area contributed by atoms with E-state index in [0.717, 1.165) is 43.0 Å². The molecule has 0 radical (unpaired) electrons. The standard InChI is InChI=1S/C29H33N5O3/c1-3-24-27(31(2)15-7-11-22-9-5-4-6-10-22)34-21-23(13-14-26(34)30-24)28(35)32-16-18-33(19-17-32)29(36)25-12-8-20-37-25/h4-6,8-10,12-14,20-21H,3,7,11,15-19H2,1-2H3. The Labute approximate surface area is 217 Å². The molecule has 0 N–H and O–H groups in total. The number of furan rings is 1. The number of anilines is 1. The van der Waals surface area contributed by atoms with Gasteiger partial charge in [0, 0.05) is 46.0 Å². The highest BCUT2D eigenvalue weighted by Crippen LogP contribution is 2.24. The van der Waals surface area contributed by atoms with Crippen molar-refractivity contribution < 1.29 is 14.0 Å². The molecular weight excluding hydrogens is 466 g/mol. The quantitative estimate of drug-likeness (QED) is 0.364. The van der Waals surface area contributed by atoms with Crippen molar-refractivity contribution >= 4 is 23.3 Å². The van der Waals surface area contributed by atoms with E-state index >= 15 is 0 Å². The van der Waals surface area contributed by atoms with E-state index in [-0.39, 0.29) is 11.8 Å². The summed E-state index contributed by atoms with van der Waals surface area (Å²) in [5.41, 5.74) is 3.82. The summed E-state index contributed by atoms with van der Waals surface area (Å²) in [7, 11) is 2.09. The third-order valence-electron chi connectivity index (χ3n) is 6.99. The highest BCUT2D eigenvalue weighted by molar-refractivity contribution is 5.95. The van der Waals surface area contributed by atoms with E-state index < -0.39 is 0 Å². The van der Waals surface area contributed by atoms with E-state index in [1.165, 1.54) is 11.8 Å². The molecule has 0 spiro atoms. The Kier molecular flexibility index (Phi) is 7.25. The van der Waals surface area contributed by atoms with Gasteiger partial charge < -0.3 is 19.1 Å². The van der Waals surface area contributed by atoms with Crippen molar-refractivity contribution in [2.45, 2.75) is 26.2 Å². The molecule has 0 atom stereocenters. The maximum atomic E-state index is 13.4. The number of hydrogen-bond acceptors (Lipinski definition) is 5. The number of carbonyl (C=O) groups is 2. The number of benzene rings is 1. The minimum atomic E-state index is -0.135. The van der Waals surface area contributed by atoms with Gasteiger partial charge in [0.1, 0.15) is 11.5 Å². The molecular formula is C29H33N5O3. The number of pyridine rings is 1. The molecule has 1 aliphatic heterocycles. The van der Waals surface area contributed by atoms with Crippen LogP contribution in [0.5, 0.6) is 0 Å². The number of aryl methyl sites for hydroxylation is 2. The first kappa shape index (κ1) is 24.6. The first-order chi connectivity index (χ1) is 18.0. The second-order valence-electron chi connectivity index (χ2n) is 9.45. The van der Waals surface area contributed by atoms with Crippen LogP contribution in [0.2, 0.25) is 0 Å². The molecule has 3 aromatic heterocycles. The predicted molar refractivity (Wildman–Crippen MR) is 143 cm³/mol. The summed E-state index contributed by atoms with van der Waals surface area (Å²) in [5, 5.41) is 0.